The van der Waals surface area contributed by atoms with Crippen LogP contribution in [0.3, 0.4) is 0 Å². The fourth-order valence-corrected chi connectivity index (χ4v) is 1.73. The topological polar surface area (TPSA) is 67.2 Å². The van der Waals surface area contributed by atoms with E-state index in [4.69, 9.17) is 4.52 Å². The predicted octanol–water partition coefficient (Wildman–Crippen LogP) is 2.09. The van der Waals surface area contributed by atoms with Gasteiger partial charge in [0.05, 0.1) is 23.5 Å². The number of anilines is 1. The van der Waals surface area contributed by atoms with E-state index >= 15 is 0 Å². The first-order valence-corrected chi connectivity index (χ1v) is 5.78. The highest BCUT2D eigenvalue weighted by Gasteiger charge is 2.14. The molecule has 0 aliphatic carbocycles. The van der Waals surface area contributed by atoms with Crippen LogP contribution in [0.25, 0.3) is 0 Å². The Morgan fingerprint density at radius 1 is 1.47 bits per heavy atom. The van der Waals surface area contributed by atoms with Gasteiger partial charge >= 0.3 is 0 Å². The minimum absolute atomic E-state index is 0.175. The van der Waals surface area contributed by atoms with E-state index in [0.717, 1.165) is 5.69 Å². The van der Waals surface area contributed by atoms with Gasteiger partial charge in [-0.1, -0.05) is 11.2 Å². The molecule has 0 atom stereocenters. The molecule has 6 heteroatoms. The van der Waals surface area contributed by atoms with E-state index in [9.17, 15) is 9.18 Å². The standard InChI is InChI=1S/C13H14FN3O2/c1-8-6-9(19-17-8)7-16-13(18)10-4-3-5-11(14)12(10)15-2/h3-6,15H,7H2,1-2H3,(H,16,18). The van der Waals surface area contributed by atoms with Gasteiger partial charge in [-0.05, 0) is 19.1 Å². The third kappa shape index (κ3) is 2.90. The highest BCUT2D eigenvalue weighted by Crippen LogP contribution is 2.19. The summed E-state index contributed by atoms with van der Waals surface area (Å²) in [6.45, 7) is 2.00. The van der Waals surface area contributed by atoms with Crippen LogP contribution in [0.15, 0.2) is 28.8 Å². The second kappa shape index (κ2) is 5.51. The number of halogens is 1. The number of aryl methyl sites for hydroxylation is 1. The molecule has 1 aromatic carbocycles. The number of hydrogen-bond donors (Lipinski definition) is 2. The summed E-state index contributed by atoms with van der Waals surface area (Å²) in [5, 5.41) is 9.04. The largest absolute Gasteiger partial charge is 0.385 e. The summed E-state index contributed by atoms with van der Waals surface area (Å²) in [4.78, 5) is 12.0. The van der Waals surface area contributed by atoms with Crippen molar-refractivity contribution in [3.63, 3.8) is 0 Å². The second-order valence-electron chi connectivity index (χ2n) is 4.03. The van der Waals surface area contributed by atoms with Crippen LogP contribution in [0.2, 0.25) is 0 Å². The first kappa shape index (κ1) is 13.1. The van der Waals surface area contributed by atoms with Crippen molar-refractivity contribution in [1.82, 2.24) is 10.5 Å². The zero-order valence-corrected chi connectivity index (χ0v) is 10.7. The van der Waals surface area contributed by atoms with E-state index < -0.39 is 5.82 Å². The Morgan fingerprint density at radius 2 is 2.26 bits per heavy atom. The zero-order valence-electron chi connectivity index (χ0n) is 10.7. The molecule has 1 amide bonds. The number of nitrogens with zero attached hydrogens (tertiary/aromatic N) is 1. The Balaban J connectivity index is 2.10. The smallest absolute Gasteiger partial charge is 0.253 e. The molecule has 0 spiro atoms. The molecule has 0 saturated carbocycles. The van der Waals surface area contributed by atoms with E-state index in [-0.39, 0.29) is 23.7 Å². The van der Waals surface area contributed by atoms with Gasteiger partial charge in [-0.15, -0.1) is 0 Å². The maximum atomic E-state index is 13.5. The molecule has 0 fully saturated rings. The third-order valence-corrected chi connectivity index (χ3v) is 2.61. The summed E-state index contributed by atoms with van der Waals surface area (Å²) in [7, 11) is 1.56. The van der Waals surface area contributed by atoms with Crippen molar-refractivity contribution in [2.75, 3.05) is 12.4 Å². The molecule has 0 aliphatic heterocycles. The van der Waals surface area contributed by atoms with Gasteiger partial charge in [-0.3, -0.25) is 4.79 Å². The van der Waals surface area contributed by atoms with E-state index in [1.807, 2.05) is 0 Å². The second-order valence-corrected chi connectivity index (χ2v) is 4.03. The van der Waals surface area contributed by atoms with Crippen LogP contribution in [0.1, 0.15) is 21.8 Å². The number of rotatable bonds is 4. The van der Waals surface area contributed by atoms with Gasteiger partial charge in [0, 0.05) is 13.1 Å². The molecule has 0 saturated heterocycles. The molecule has 2 rings (SSSR count). The van der Waals surface area contributed by atoms with E-state index in [1.54, 1.807) is 26.1 Å². The SMILES string of the molecule is CNc1c(F)cccc1C(=O)NCc1cc(C)no1. The molecule has 5 nitrogen and oxygen atoms in total. The van der Waals surface area contributed by atoms with E-state index in [0.29, 0.717) is 5.76 Å². The summed E-state index contributed by atoms with van der Waals surface area (Å²) in [5.41, 5.74) is 1.17. The normalized spacial score (nSPS) is 10.3. The minimum atomic E-state index is -0.467. The molecule has 100 valence electrons. The molecule has 0 bridgehead atoms. The number of carbonyl (C=O) groups excluding carboxylic acids is 1. The Hall–Kier alpha value is -2.37. The molecule has 19 heavy (non-hydrogen) atoms. The number of carbonyl (C=O) groups is 1. The zero-order chi connectivity index (χ0) is 13.8. The van der Waals surface area contributed by atoms with Crippen LogP contribution >= 0.6 is 0 Å². The van der Waals surface area contributed by atoms with Crippen molar-refractivity contribution in [3.8, 4) is 0 Å². The summed E-state index contributed by atoms with van der Waals surface area (Å²) in [6.07, 6.45) is 0. The number of para-hydroxylation sites is 1. The van der Waals surface area contributed by atoms with Gasteiger partial charge in [-0.2, -0.15) is 0 Å². The van der Waals surface area contributed by atoms with Crippen LogP contribution in [-0.2, 0) is 6.54 Å². The average Bonchev–Trinajstić information content (AvgIpc) is 2.81. The lowest BCUT2D eigenvalue weighted by Crippen LogP contribution is -2.23. The summed E-state index contributed by atoms with van der Waals surface area (Å²) in [5.74, 6) is -0.295. The number of nitrogens with one attached hydrogen (secondary N) is 2. The summed E-state index contributed by atoms with van der Waals surface area (Å²) >= 11 is 0. The molecular formula is C13H14FN3O2. The van der Waals surface area contributed by atoms with Crippen molar-refractivity contribution in [2.45, 2.75) is 13.5 Å². The van der Waals surface area contributed by atoms with Crippen molar-refractivity contribution in [3.05, 3.63) is 47.1 Å². The van der Waals surface area contributed by atoms with Gasteiger partial charge < -0.3 is 15.2 Å². The molecule has 1 heterocycles. The maximum absolute atomic E-state index is 13.5. The van der Waals surface area contributed by atoms with Crippen LogP contribution in [0.4, 0.5) is 10.1 Å². The van der Waals surface area contributed by atoms with Crippen LogP contribution in [0, 0.1) is 12.7 Å². The molecule has 2 aromatic rings. The molecule has 0 aliphatic rings. The first-order valence-electron chi connectivity index (χ1n) is 5.78. The third-order valence-electron chi connectivity index (χ3n) is 2.61. The van der Waals surface area contributed by atoms with Gasteiger partial charge in [0.1, 0.15) is 5.82 Å². The molecule has 0 radical (unpaired) electrons. The Bertz CT molecular complexity index is 595. The summed E-state index contributed by atoms with van der Waals surface area (Å²) in [6, 6.07) is 6.06. The average molecular weight is 263 g/mol. The molecule has 1 aromatic heterocycles. The first-order chi connectivity index (χ1) is 9.11. The monoisotopic (exact) mass is 263 g/mol. The lowest BCUT2D eigenvalue weighted by Gasteiger charge is -2.09. The van der Waals surface area contributed by atoms with Gasteiger partial charge in [0.2, 0.25) is 0 Å². The van der Waals surface area contributed by atoms with Gasteiger partial charge in [-0.25, -0.2) is 4.39 Å². The minimum Gasteiger partial charge on any atom is -0.385 e. The lowest BCUT2D eigenvalue weighted by molar-refractivity contribution is 0.0947. The Labute approximate surface area is 109 Å². The number of hydrogen-bond acceptors (Lipinski definition) is 4. The van der Waals surface area contributed by atoms with E-state index in [1.165, 1.54) is 12.1 Å². The van der Waals surface area contributed by atoms with Crippen LogP contribution in [-0.4, -0.2) is 18.1 Å². The van der Waals surface area contributed by atoms with Crippen LogP contribution in [0.5, 0.6) is 0 Å². The highest BCUT2D eigenvalue weighted by molar-refractivity contribution is 5.99. The van der Waals surface area contributed by atoms with E-state index in [2.05, 4.69) is 15.8 Å². The van der Waals surface area contributed by atoms with Gasteiger partial charge in [0.15, 0.2) is 5.76 Å². The summed E-state index contributed by atoms with van der Waals surface area (Å²) < 4.78 is 18.5. The lowest BCUT2D eigenvalue weighted by atomic mass is 10.1. The quantitative estimate of drug-likeness (QED) is 0.886. The molecular weight excluding hydrogens is 249 g/mol. The van der Waals surface area contributed by atoms with Crippen LogP contribution < -0.4 is 10.6 Å². The van der Waals surface area contributed by atoms with Crippen molar-refractivity contribution >= 4 is 11.6 Å². The Kier molecular flexibility index (Phi) is 3.79. The Morgan fingerprint density at radius 3 is 2.89 bits per heavy atom. The van der Waals surface area contributed by atoms with Crippen molar-refractivity contribution < 1.29 is 13.7 Å². The number of amides is 1. The predicted molar refractivity (Wildman–Crippen MR) is 68.4 cm³/mol. The molecule has 2 N–H and O–H groups in total. The van der Waals surface area contributed by atoms with Crippen molar-refractivity contribution in [2.24, 2.45) is 0 Å². The highest BCUT2D eigenvalue weighted by atomic mass is 19.1. The fraction of sp³-hybridized carbons (Fsp3) is 0.231. The van der Waals surface area contributed by atoms with Crippen molar-refractivity contribution in [1.29, 1.82) is 0 Å². The number of benzene rings is 1. The number of aromatic nitrogens is 1. The maximum Gasteiger partial charge on any atom is 0.253 e. The van der Waals surface area contributed by atoms with Gasteiger partial charge in [0.25, 0.3) is 5.91 Å². The fourth-order valence-electron chi connectivity index (χ4n) is 1.73. The molecule has 0 unspecified atom stereocenters.